The molecule has 0 heterocycles. The van der Waals surface area contributed by atoms with Gasteiger partial charge in [-0.25, -0.2) is 9.59 Å². The van der Waals surface area contributed by atoms with Crippen molar-refractivity contribution in [2.45, 2.75) is 169 Å². The first kappa shape index (κ1) is 59.1. The van der Waals surface area contributed by atoms with E-state index < -0.39 is 73.9 Å². The van der Waals surface area contributed by atoms with Gasteiger partial charge in [-0.2, -0.15) is 0 Å². The number of methoxy groups -OCH3 is 2. The molecule has 0 N–H and O–H groups in total. The molecule has 4 rings (SSSR count). The molecule has 0 radical (unpaired) electrons. The monoisotopic (exact) mass is 1000 g/mol. The molecule has 72 heavy (non-hydrogen) atoms. The average Bonchev–Trinajstić information content (AvgIpc) is 3.38. The highest BCUT2D eigenvalue weighted by molar-refractivity contribution is 5.92. The van der Waals surface area contributed by atoms with Crippen LogP contribution in [0.4, 0.5) is 0 Å². The second-order valence-corrected chi connectivity index (χ2v) is 20.4. The topological polar surface area (TPSA) is 167 Å². The van der Waals surface area contributed by atoms with E-state index in [1.807, 2.05) is 6.07 Å². The van der Waals surface area contributed by atoms with Gasteiger partial charge in [-0.15, -0.1) is 0 Å². The van der Waals surface area contributed by atoms with E-state index in [9.17, 15) is 28.8 Å². The summed E-state index contributed by atoms with van der Waals surface area (Å²) in [7, 11) is 2.27. The second kappa shape index (κ2) is 30.5. The van der Waals surface area contributed by atoms with E-state index in [2.05, 4.69) is 67.7 Å². The minimum absolute atomic E-state index is 0.0887. The summed E-state index contributed by atoms with van der Waals surface area (Å²) in [6.07, 6.45) is 20.0. The first-order chi connectivity index (χ1) is 34.5. The molecule has 0 atom stereocenters. The average molecular weight is 1000 g/mol. The largest absolute Gasteiger partial charge is 0.492 e. The predicted octanol–water partition coefficient (Wildman–Crippen LogP) is 11.7. The van der Waals surface area contributed by atoms with E-state index in [4.69, 9.17) is 23.7 Å². The Bertz CT molecular complexity index is 2100. The minimum Gasteiger partial charge on any atom is -0.492 e. The molecule has 0 saturated heterocycles. The van der Waals surface area contributed by atoms with Gasteiger partial charge in [0, 0.05) is 11.1 Å². The Hall–Kier alpha value is -5.46. The Morgan fingerprint density at radius 1 is 0.556 bits per heavy atom. The van der Waals surface area contributed by atoms with Crippen molar-refractivity contribution < 1.29 is 61.9 Å². The van der Waals surface area contributed by atoms with Crippen molar-refractivity contribution in [3.8, 4) is 16.9 Å². The zero-order chi connectivity index (χ0) is 52.6. The SMILES string of the molecule is C=C(C)C(=O)OCCCc1cc(-c2ccc(C3CCC(CCC4CCC(CCCCC)CC4)CC3)cc2CC)c(CC)cc1OCC(COC(=O)CC(=O)OC)(COC(=O)CC(=O)OC)COC(=O)C(=C)C. The molecule has 2 aromatic rings. The minimum atomic E-state index is -1.56. The van der Waals surface area contributed by atoms with Crippen LogP contribution in [0.25, 0.3) is 11.1 Å². The molecular formula is C59H84O13. The van der Waals surface area contributed by atoms with Gasteiger partial charge in [0.1, 0.15) is 50.4 Å². The molecule has 398 valence electrons. The van der Waals surface area contributed by atoms with Crippen LogP contribution in [0.15, 0.2) is 54.6 Å². The van der Waals surface area contributed by atoms with E-state index in [-0.39, 0.29) is 18.8 Å². The van der Waals surface area contributed by atoms with Gasteiger partial charge in [0.05, 0.1) is 20.8 Å². The molecule has 0 bridgehead atoms. The molecular weight excluding hydrogens is 917 g/mol. The van der Waals surface area contributed by atoms with Crippen LogP contribution < -0.4 is 4.74 Å². The molecule has 0 aromatic heterocycles. The highest BCUT2D eigenvalue weighted by Crippen LogP contribution is 2.42. The van der Waals surface area contributed by atoms with Gasteiger partial charge in [-0.1, -0.05) is 116 Å². The lowest BCUT2D eigenvalue weighted by atomic mass is 9.73. The fourth-order valence-electron chi connectivity index (χ4n) is 10.0. The highest BCUT2D eigenvalue weighted by atomic mass is 16.6. The van der Waals surface area contributed by atoms with Gasteiger partial charge in [-0.05, 0) is 134 Å². The summed E-state index contributed by atoms with van der Waals surface area (Å²) in [5, 5.41) is 0. The Labute approximate surface area is 429 Å². The van der Waals surface area contributed by atoms with Gasteiger partial charge >= 0.3 is 35.8 Å². The van der Waals surface area contributed by atoms with Crippen LogP contribution in [0, 0.1) is 23.2 Å². The summed E-state index contributed by atoms with van der Waals surface area (Å²) in [5.74, 6) is -1.11. The third-order valence-electron chi connectivity index (χ3n) is 14.6. The van der Waals surface area contributed by atoms with Crippen molar-refractivity contribution in [3.63, 3.8) is 0 Å². The van der Waals surface area contributed by atoms with Crippen molar-refractivity contribution in [1.29, 1.82) is 0 Å². The number of ether oxygens (including phenoxy) is 7. The zero-order valence-corrected chi connectivity index (χ0v) is 44.6. The van der Waals surface area contributed by atoms with Gasteiger partial charge in [0.15, 0.2) is 0 Å². The van der Waals surface area contributed by atoms with E-state index in [0.717, 1.165) is 60.6 Å². The van der Waals surface area contributed by atoms with Crippen LogP contribution in [-0.2, 0) is 76.5 Å². The molecule has 2 aromatic carbocycles. The fourth-order valence-corrected chi connectivity index (χ4v) is 10.0. The standard InChI is InChI=1S/C59H84O13/c1-10-13-14-16-42-18-20-43(21-19-42)22-23-44-24-26-47(27-25-44)48-28-29-50(45(11-2)31-48)51-32-49(17-15-30-68-57(64)40(4)5)52(33-46(51)12-3)69-36-59(39-72-58(65)41(6)7,37-70-55(62)34-53(60)66-8)38-71-56(63)35-54(61)67-9/h28-29,31-33,42-44,47H,4,6,10-27,30,34-39H2,1-3,5,7-9H3. The van der Waals surface area contributed by atoms with Crippen molar-refractivity contribution >= 4 is 35.8 Å². The van der Waals surface area contributed by atoms with Crippen molar-refractivity contribution in [2.75, 3.05) is 47.3 Å². The molecule has 2 aliphatic rings. The maximum absolute atomic E-state index is 12.8. The highest BCUT2D eigenvalue weighted by Gasteiger charge is 2.38. The molecule has 0 aliphatic heterocycles. The van der Waals surface area contributed by atoms with E-state index in [1.165, 1.54) is 108 Å². The van der Waals surface area contributed by atoms with Gasteiger partial charge < -0.3 is 33.2 Å². The predicted molar refractivity (Wildman–Crippen MR) is 277 cm³/mol. The van der Waals surface area contributed by atoms with E-state index in [1.54, 1.807) is 6.92 Å². The summed E-state index contributed by atoms with van der Waals surface area (Å²) in [5.41, 5.74) is 5.45. The number of esters is 6. The van der Waals surface area contributed by atoms with Crippen LogP contribution in [-0.4, -0.2) is 83.1 Å². The number of carbonyl (C=O) groups excluding carboxylic acids is 6. The smallest absolute Gasteiger partial charge is 0.333 e. The number of hydrogen-bond donors (Lipinski definition) is 0. The van der Waals surface area contributed by atoms with Crippen molar-refractivity contribution in [1.82, 2.24) is 0 Å². The number of unbranched alkanes of at least 4 members (excludes halogenated alkanes) is 2. The first-order valence-electron chi connectivity index (χ1n) is 26.6. The maximum Gasteiger partial charge on any atom is 0.333 e. The number of hydrogen-bond acceptors (Lipinski definition) is 13. The van der Waals surface area contributed by atoms with Gasteiger partial charge in [0.2, 0.25) is 0 Å². The summed E-state index contributed by atoms with van der Waals surface area (Å²) >= 11 is 0. The number of rotatable bonds is 30. The summed E-state index contributed by atoms with van der Waals surface area (Å²) in [6, 6.07) is 11.1. The summed E-state index contributed by atoms with van der Waals surface area (Å²) < 4.78 is 38.0. The molecule has 2 fully saturated rings. The molecule has 13 nitrogen and oxygen atoms in total. The summed E-state index contributed by atoms with van der Waals surface area (Å²) in [4.78, 5) is 74.7. The van der Waals surface area contributed by atoms with E-state index in [0.29, 0.717) is 36.5 Å². The third kappa shape index (κ3) is 19.2. The van der Waals surface area contributed by atoms with Gasteiger partial charge in [-0.3, -0.25) is 19.2 Å². The molecule has 0 amide bonds. The quantitative estimate of drug-likeness (QED) is 0.0239. The Morgan fingerprint density at radius 3 is 1.60 bits per heavy atom. The van der Waals surface area contributed by atoms with Crippen LogP contribution in [0.2, 0.25) is 0 Å². The molecule has 2 saturated carbocycles. The van der Waals surface area contributed by atoms with Crippen LogP contribution in [0.3, 0.4) is 0 Å². The van der Waals surface area contributed by atoms with Crippen molar-refractivity contribution in [3.05, 3.63) is 76.9 Å². The summed E-state index contributed by atoms with van der Waals surface area (Å²) in [6.45, 7) is 15.2. The fraction of sp³-hybridized carbons (Fsp3) is 0.627. The third-order valence-corrected chi connectivity index (χ3v) is 14.6. The zero-order valence-electron chi connectivity index (χ0n) is 44.6. The Kier molecular flexibility index (Phi) is 25.1. The number of aryl methyl sites for hydroxylation is 3. The van der Waals surface area contributed by atoms with E-state index >= 15 is 0 Å². The number of benzene rings is 2. The van der Waals surface area contributed by atoms with Crippen LogP contribution in [0.5, 0.6) is 5.75 Å². The molecule has 2 aliphatic carbocycles. The van der Waals surface area contributed by atoms with Crippen LogP contribution in [0.1, 0.15) is 172 Å². The molecule has 0 spiro atoms. The van der Waals surface area contributed by atoms with Crippen molar-refractivity contribution in [2.24, 2.45) is 23.2 Å². The Balaban J connectivity index is 1.61. The molecule has 0 unspecified atom stereocenters. The van der Waals surface area contributed by atoms with Gasteiger partial charge in [0.25, 0.3) is 0 Å². The second-order valence-electron chi connectivity index (χ2n) is 20.4. The Morgan fingerprint density at radius 2 is 1.07 bits per heavy atom. The lowest BCUT2D eigenvalue weighted by molar-refractivity contribution is -0.165. The number of carbonyl (C=O) groups is 6. The normalized spacial score (nSPS) is 17.8. The maximum atomic E-state index is 12.8. The lowest BCUT2D eigenvalue weighted by Crippen LogP contribution is -2.44. The van der Waals surface area contributed by atoms with Crippen LogP contribution >= 0.6 is 0 Å². The first-order valence-corrected chi connectivity index (χ1v) is 26.6. The lowest BCUT2D eigenvalue weighted by Gasteiger charge is -2.32. The molecule has 13 heteroatoms.